The highest BCUT2D eigenvalue weighted by Gasteiger charge is 2.19. The van der Waals surface area contributed by atoms with E-state index in [-0.39, 0.29) is 11.8 Å². The van der Waals surface area contributed by atoms with Gasteiger partial charge in [0.2, 0.25) is 5.91 Å². The summed E-state index contributed by atoms with van der Waals surface area (Å²) >= 11 is 0. The molecular weight excluding hydrogens is 252 g/mol. The Morgan fingerprint density at radius 3 is 3.00 bits per heavy atom. The number of carbonyl (C=O) groups excluding carboxylic acids is 2. The molecule has 1 aliphatic rings. The normalized spacial score (nSPS) is 14.6. The number of unbranched alkanes of at least 4 members (excludes halogenated alkanes) is 1. The van der Waals surface area contributed by atoms with Crippen LogP contribution in [0.25, 0.3) is 0 Å². The summed E-state index contributed by atoms with van der Waals surface area (Å²) in [6, 6.07) is 5.37. The van der Waals surface area contributed by atoms with Crippen LogP contribution in [0.3, 0.4) is 0 Å². The van der Waals surface area contributed by atoms with Crippen LogP contribution in [0.4, 0.5) is 5.69 Å². The summed E-state index contributed by atoms with van der Waals surface area (Å²) < 4.78 is 0. The first-order chi connectivity index (χ1) is 9.60. The smallest absolute Gasteiger partial charge is 0.251 e. The van der Waals surface area contributed by atoms with Crippen molar-refractivity contribution >= 4 is 17.5 Å². The number of fused-ring (bicyclic) bond motifs is 1. The molecule has 2 amide bonds. The summed E-state index contributed by atoms with van der Waals surface area (Å²) in [4.78, 5) is 23.4. The number of benzene rings is 1. The third-order valence-electron chi connectivity index (χ3n) is 3.65. The Kier molecular flexibility index (Phi) is 4.77. The van der Waals surface area contributed by atoms with Crippen molar-refractivity contribution in [1.29, 1.82) is 0 Å². The van der Waals surface area contributed by atoms with Crippen LogP contribution in [0.2, 0.25) is 0 Å². The molecule has 0 radical (unpaired) electrons. The summed E-state index contributed by atoms with van der Waals surface area (Å²) in [6.07, 6.45) is 3.89. The fourth-order valence-electron chi connectivity index (χ4n) is 2.39. The lowest BCUT2D eigenvalue weighted by Gasteiger charge is -2.12. The van der Waals surface area contributed by atoms with Crippen molar-refractivity contribution in [2.45, 2.75) is 39.5 Å². The lowest BCUT2D eigenvalue weighted by molar-refractivity contribution is -0.115. The van der Waals surface area contributed by atoms with Crippen LogP contribution in [0.15, 0.2) is 18.2 Å². The standard InChI is InChI=1S/C16H22N2O2/c1-3-4-5-11(2)10-17-16(20)12-6-7-14-13(8-12)9-15(19)18-14/h6-8,11H,3-5,9-10H2,1-2H3,(H,17,20)(H,18,19). The van der Waals surface area contributed by atoms with Crippen molar-refractivity contribution < 1.29 is 9.59 Å². The first kappa shape index (κ1) is 14.6. The van der Waals surface area contributed by atoms with Crippen LogP contribution in [0.5, 0.6) is 0 Å². The molecule has 2 rings (SSSR count). The molecule has 4 nitrogen and oxygen atoms in total. The molecule has 0 fully saturated rings. The van der Waals surface area contributed by atoms with Crippen molar-refractivity contribution in [3.63, 3.8) is 0 Å². The van der Waals surface area contributed by atoms with Gasteiger partial charge in [0.1, 0.15) is 0 Å². The van der Waals surface area contributed by atoms with E-state index in [0.29, 0.717) is 24.4 Å². The van der Waals surface area contributed by atoms with E-state index in [1.165, 1.54) is 12.8 Å². The molecule has 0 aromatic heterocycles. The van der Waals surface area contributed by atoms with Gasteiger partial charge in [-0.25, -0.2) is 0 Å². The van der Waals surface area contributed by atoms with E-state index in [0.717, 1.165) is 17.7 Å². The number of amides is 2. The average Bonchev–Trinajstić information content (AvgIpc) is 2.81. The fourth-order valence-corrected chi connectivity index (χ4v) is 2.39. The third kappa shape index (κ3) is 3.59. The number of anilines is 1. The van der Waals surface area contributed by atoms with Crippen LogP contribution in [-0.2, 0) is 11.2 Å². The Hall–Kier alpha value is -1.84. The first-order valence-electron chi connectivity index (χ1n) is 7.31. The quantitative estimate of drug-likeness (QED) is 0.838. The van der Waals surface area contributed by atoms with E-state index >= 15 is 0 Å². The van der Waals surface area contributed by atoms with Gasteiger partial charge in [0.25, 0.3) is 5.91 Å². The molecule has 1 heterocycles. The second kappa shape index (κ2) is 6.55. The van der Waals surface area contributed by atoms with Gasteiger partial charge in [-0.05, 0) is 36.1 Å². The zero-order chi connectivity index (χ0) is 14.5. The third-order valence-corrected chi connectivity index (χ3v) is 3.65. The minimum atomic E-state index is -0.0597. The van der Waals surface area contributed by atoms with E-state index in [2.05, 4.69) is 24.5 Å². The monoisotopic (exact) mass is 274 g/mol. The van der Waals surface area contributed by atoms with Crippen molar-refractivity contribution in [2.24, 2.45) is 5.92 Å². The van der Waals surface area contributed by atoms with Gasteiger partial charge in [-0.1, -0.05) is 26.7 Å². The van der Waals surface area contributed by atoms with Gasteiger partial charge in [-0.2, -0.15) is 0 Å². The van der Waals surface area contributed by atoms with Crippen LogP contribution < -0.4 is 10.6 Å². The molecule has 108 valence electrons. The molecule has 0 spiro atoms. The van der Waals surface area contributed by atoms with Gasteiger partial charge in [0.05, 0.1) is 6.42 Å². The molecule has 0 bridgehead atoms. The van der Waals surface area contributed by atoms with Crippen LogP contribution >= 0.6 is 0 Å². The number of hydrogen-bond donors (Lipinski definition) is 2. The number of nitrogens with one attached hydrogen (secondary N) is 2. The molecule has 1 aromatic rings. The highest BCUT2D eigenvalue weighted by Crippen LogP contribution is 2.23. The van der Waals surface area contributed by atoms with Gasteiger partial charge >= 0.3 is 0 Å². The van der Waals surface area contributed by atoms with Gasteiger partial charge < -0.3 is 10.6 Å². The van der Waals surface area contributed by atoms with E-state index in [1.54, 1.807) is 18.2 Å². The molecule has 1 unspecified atom stereocenters. The average molecular weight is 274 g/mol. The zero-order valence-corrected chi connectivity index (χ0v) is 12.2. The Morgan fingerprint density at radius 2 is 2.25 bits per heavy atom. The molecule has 0 saturated heterocycles. The number of carbonyl (C=O) groups is 2. The summed E-state index contributed by atoms with van der Waals surface area (Å²) in [7, 11) is 0. The Bertz CT molecular complexity index is 511. The van der Waals surface area contributed by atoms with Crippen LogP contribution in [0, 0.1) is 5.92 Å². The predicted molar refractivity (Wildman–Crippen MR) is 79.8 cm³/mol. The highest BCUT2D eigenvalue weighted by atomic mass is 16.2. The molecular formula is C16H22N2O2. The predicted octanol–water partition coefficient (Wildman–Crippen LogP) is 2.74. The molecule has 0 saturated carbocycles. The fraction of sp³-hybridized carbons (Fsp3) is 0.500. The molecule has 2 N–H and O–H groups in total. The minimum Gasteiger partial charge on any atom is -0.352 e. The highest BCUT2D eigenvalue weighted by molar-refractivity contribution is 6.01. The number of rotatable bonds is 6. The van der Waals surface area contributed by atoms with Crippen LogP contribution in [-0.4, -0.2) is 18.4 Å². The maximum absolute atomic E-state index is 12.1. The van der Waals surface area contributed by atoms with E-state index in [9.17, 15) is 9.59 Å². The molecule has 1 aliphatic heterocycles. The Balaban J connectivity index is 1.90. The second-order valence-electron chi connectivity index (χ2n) is 5.55. The van der Waals surface area contributed by atoms with E-state index in [4.69, 9.17) is 0 Å². The lowest BCUT2D eigenvalue weighted by Crippen LogP contribution is -2.28. The van der Waals surface area contributed by atoms with Crippen molar-refractivity contribution in [1.82, 2.24) is 5.32 Å². The SMILES string of the molecule is CCCCC(C)CNC(=O)c1ccc2c(c1)CC(=O)N2. The molecule has 20 heavy (non-hydrogen) atoms. The summed E-state index contributed by atoms with van der Waals surface area (Å²) in [5.41, 5.74) is 2.35. The Morgan fingerprint density at radius 1 is 1.45 bits per heavy atom. The first-order valence-corrected chi connectivity index (χ1v) is 7.31. The van der Waals surface area contributed by atoms with Gasteiger partial charge in [0.15, 0.2) is 0 Å². The summed E-state index contributed by atoms with van der Waals surface area (Å²) in [5, 5.41) is 5.73. The maximum Gasteiger partial charge on any atom is 0.251 e. The van der Waals surface area contributed by atoms with Crippen molar-refractivity contribution in [3.05, 3.63) is 29.3 Å². The topological polar surface area (TPSA) is 58.2 Å². The summed E-state index contributed by atoms with van der Waals surface area (Å²) in [6.45, 7) is 5.03. The minimum absolute atomic E-state index is 0.00857. The van der Waals surface area contributed by atoms with E-state index < -0.39 is 0 Å². The van der Waals surface area contributed by atoms with E-state index in [1.807, 2.05) is 0 Å². The zero-order valence-electron chi connectivity index (χ0n) is 12.2. The van der Waals surface area contributed by atoms with Gasteiger partial charge in [0, 0.05) is 17.8 Å². The lowest BCUT2D eigenvalue weighted by atomic mass is 10.0. The Labute approximate surface area is 119 Å². The largest absolute Gasteiger partial charge is 0.352 e. The second-order valence-corrected chi connectivity index (χ2v) is 5.55. The van der Waals surface area contributed by atoms with Gasteiger partial charge in [-0.3, -0.25) is 9.59 Å². The molecule has 0 aliphatic carbocycles. The maximum atomic E-state index is 12.1. The van der Waals surface area contributed by atoms with Crippen LogP contribution in [0.1, 0.15) is 49.0 Å². The van der Waals surface area contributed by atoms with Crippen molar-refractivity contribution in [3.8, 4) is 0 Å². The van der Waals surface area contributed by atoms with Crippen molar-refractivity contribution in [2.75, 3.05) is 11.9 Å². The molecule has 1 atom stereocenters. The molecule has 4 heteroatoms. The summed E-state index contributed by atoms with van der Waals surface area (Å²) in [5.74, 6) is 0.429. The van der Waals surface area contributed by atoms with Gasteiger partial charge in [-0.15, -0.1) is 0 Å². The number of hydrogen-bond acceptors (Lipinski definition) is 2. The molecule has 1 aromatic carbocycles.